The lowest BCUT2D eigenvalue weighted by Crippen LogP contribution is -2.33. The van der Waals surface area contributed by atoms with Gasteiger partial charge in [-0.1, -0.05) is 12.1 Å². The Labute approximate surface area is 126 Å². The SMILES string of the molecule is COc1ccc(CNC2CCCC2n2ccnc2)cc1C. The zero-order chi connectivity index (χ0) is 14.7. The number of hydrogen-bond donors (Lipinski definition) is 1. The van der Waals surface area contributed by atoms with Crippen LogP contribution in [0, 0.1) is 6.92 Å². The summed E-state index contributed by atoms with van der Waals surface area (Å²) in [7, 11) is 1.72. The number of imidazole rings is 1. The first kappa shape index (κ1) is 14.1. The maximum absolute atomic E-state index is 5.31. The molecule has 2 unspecified atom stereocenters. The molecule has 1 N–H and O–H groups in total. The summed E-state index contributed by atoms with van der Waals surface area (Å²) in [6.45, 7) is 2.99. The molecule has 0 amide bonds. The first-order chi connectivity index (χ1) is 10.3. The molecule has 0 aliphatic heterocycles. The Kier molecular flexibility index (Phi) is 4.25. The van der Waals surface area contributed by atoms with Crippen molar-refractivity contribution in [2.24, 2.45) is 0 Å². The van der Waals surface area contributed by atoms with Crippen LogP contribution >= 0.6 is 0 Å². The Balaban J connectivity index is 1.63. The Hall–Kier alpha value is -1.81. The second-order valence-corrected chi connectivity index (χ2v) is 5.80. The van der Waals surface area contributed by atoms with Gasteiger partial charge < -0.3 is 14.6 Å². The molecule has 112 valence electrons. The minimum absolute atomic E-state index is 0.529. The average molecular weight is 285 g/mol. The van der Waals surface area contributed by atoms with E-state index in [9.17, 15) is 0 Å². The fourth-order valence-corrected chi connectivity index (χ4v) is 3.30. The lowest BCUT2D eigenvalue weighted by atomic mass is 10.1. The van der Waals surface area contributed by atoms with Gasteiger partial charge in [-0.05, 0) is 43.4 Å². The van der Waals surface area contributed by atoms with E-state index < -0.39 is 0 Å². The Morgan fingerprint density at radius 2 is 2.29 bits per heavy atom. The van der Waals surface area contributed by atoms with Crippen LogP contribution in [0.4, 0.5) is 0 Å². The summed E-state index contributed by atoms with van der Waals surface area (Å²) < 4.78 is 7.55. The van der Waals surface area contributed by atoms with Crippen LogP contribution in [0.5, 0.6) is 5.75 Å². The molecule has 1 saturated carbocycles. The molecule has 1 aliphatic rings. The standard InChI is InChI=1S/C17H23N3O/c1-13-10-14(6-7-17(13)21-2)11-19-15-4-3-5-16(15)20-9-8-18-12-20/h6-10,12,15-16,19H,3-5,11H2,1-2H3. The maximum atomic E-state index is 5.31. The summed E-state index contributed by atoms with van der Waals surface area (Å²) in [5.74, 6) is 0.955. The molecule has 1 aromatic heterocycles. The van der Waals surface area contributed by atoms with Gasteiger partial charge in [-0.3, -0.25) is 0 Å². The first-order valence-electron chi connectivity index (χ1n) is 7.62. The van der Waals surface area contributed by atoms with E-state index in [2.05, 4.69) is 40.1 Å². The van der Waals surface area contributed by atoms with E-state index >= 15 is 0 Å². The average Bonchev–Trinajstić information content (AvgIpc) is 3.16. The Morgan fingerprint density at radius 1 is 1.38 bits per heavy atom. The molecule has 1 fully saturated rings. The highest BCUT2D eigenvalue weighted by atomic mass is 16.5. The predicted octanol–water partition coefficient (Wildman–Crippen LogP) is 3.08. The number of methoxy groups -OCH3 is 1. The number of hydrogen-bond acceptors (Lipinski definition) is 3. The van der Waals surface area contributed by atoms with Gasteiger partial charge >= 0.3 is 0 Å². The van der Waals surface area contributed by atoms with Crippen LogP contribution in [0.2, 0.25) is 0 Å². The van der Waals surface area contributed by atoms with Gasteiger partial charge in [0.2, 0.25) is 0 Å². The van der Waals surface area contributed by atoms with Crippen molar-refractivity contribution in [2.75, 3.05) is 7.11 Å². The Morgan fingerprint density at radius 3 is 3.00 bits per heavy atom. The second-order valence-electron chi connectivity index (χ2n) is 5.80. The summed E-state index contributed by atoms with van der Waals surface area (Å²) in [6.07, 6.45) is 9.61. The van der Waals surface area contributed by atoms with Gasteiger partial charge in [0.05, 0.1) is 13.4 Å². The molecule has 0 saturated heterocycles. The summed E-state index contributed by atoms with van der Waals surface area (Å²) in [5.41, 5.74) is 2.50. The van der Waals surface area contributed by atoms with Crippen molar-refractivity contribution in [1.82, 2.24) is 14.9 Å². The third kappa shape index (κ3) is 3.10. The first-order valence-corrected chi connectivity index (χ1v) is 7.62. The molecule has 4 heteroatoms. The van der Waals surface area contributed by atoms with Crippen molar-refractivity contribution in [3.8, 4) is 5.75 Å². The highest BCUT2D eigenvalue weighted by Gasteiger charge is 2.27. The number of rotatable bonds is 5. The topological polar surface area (TPSA) is 39.1 Å². The van der Waals surface area contributed by atoms with Gasteiger partial charge in [0.1, 0.15) is 5.75 Å². The molecule has 3 rings (SSSR count). The highest BCUT2D eigenvalue weighted by molar-refractivity contribution is 5.36. The van der Waals surface area contributed by atoms with Crippen LogP contribution in [-0.2, 0) is 6.54 Å². The van der Waals surface area contributed by atoms with E-state index in [0.717, 1.165) is 12.3 Å². The third-order valence-corrected chi connectivity index (χ3v) is 4.41. The van der Waals surface area contributed by atoms with E-state index in [1.807, 2.05) is 18.6 Å². The summed E-state index contributed by atoms with van der Waals surface area (Å²) in [4.78, 5) is 4.17. The fourth-order valence-electron chi connectivity index (χ4n) is 3.30. The third-order valence-electron chi connectivity index (χ3n) is 4.41. The molecule has 2 atom stereocenters. The second kappa shape index (κ2) is 6.31. The number of benzene rings is 1. The molecular weight excluding hydrogens is 262 g/mol. The zero-order valence-electron chi connectivity index (χ0n) is 12.7. The summed E-state index contributed by atoms with van der Waals surface area (Å²) in [5, 5.41) is 3.71. The monoisotopic (exact) mass is 285 g/mol. The van der Waals surface area contributed by atoms with Gasteiger partial charge in [-0.25, -0.2) is 4.98 Å². The molecule has 1 aliphatic carbocycles. The normalized spacial score (nSPS) is 21.6. The molecule has 1 heterocycles. The predicted molar refractivity (Wildman–Crippen MR) is 83.5 cm³/mol. The Bertz CT molecular complexity index is 580. The summed E-state index contributed by atoms with van der Waals surface area (Å²) >= 11 is 0. The lowest BCUT2D eigenvalue weighted by molar-refractivity contribution is 0.390. The van der Waals surface area contributed by atoms with Crippen molar-refractivity contribution in [1.29, 1.82) is 0 Å². The van der Waals surface area contributed by atoms with Crippen LogP contribution < -0.4 is 10.1 Å². The molecule has 21 heavy (non-hydrogen) atoms. The van der Waals surface area contributed by atoms with Gasteiger partial charge in [-0.2, -0.15) is 0 Å². The van der Waals surface area contributed by atoms with E-state index in [1.54, 1.807) is 7.11 Å². The largest absolute Gasteiger partial charge is 0.496 e. The number of aryl methyl sites for hydroxylation is 1. The van der Waals surface area contributed by atoms with E-state index in [0.29, 0.717) is 12.1 Å². The number of ether oxygens (including phenoxy) is 1. The molecular formula is C17H23N3O. The molecule has 1 aromatic carbocycles. The quantitative estimate of drug-likeness (QED) is 0.917. The van der Waals surface area contributed by atoms with Crippen LogP contribution in [0.1, 0.15) is 36.4 Å². The van der Waals surface area contributed by atoms with Crippen LogP contribution in [0.3, 0.4) is 0 Å². The molecule has 0 bridgehead atoms. The smallest absolute Gasteiger partial charge is 0.121 e. The van der Waals surface area contributed by atoms with Crippen LogP contribution in [0.25, 0.3) is 0 Å². The van der Waals surface area contributed by atoms with Crippen LogP contribution in [0.15, 0.2) is 36.9 Å². The van der Waals surface area contributed by atoms with Gasteiger partial charge in [-0.15, -0.1) is 0 Å². The minimum atomic E-state index is 0.529. The summed E-state index contributed by atoms with van der Waals surface area (Å²) in [6, 6.07) is 7.45. The van der Waals surface area contributed by atoms with Crippen molar-refractivity contribution in [3.05, 3.63) is 48.0 Å². The van der Waals surface area contributed by atoms with Crippen molar-refractivity contribution >= 4 is 0 Å². The zero-order valence-corrected chi connectivity index (χ0v) is 12.7. The van der Waals surface area contributed by atoms with E-state index in [4.69, 9.17) is 4.74 Å². The molecule has 0 spiro atoms. The molecule has 2 aromatic rings. The maximum Gasteiger partial charge on any atom is 0.121 e. The highest BCUT2D eigenvalue weighted by Crippen LogP contribution is 2.30. The van der Waals surface area contributed by atoms with Gasteiger partial charge in [0.15, 0.2) is 0 Å². The van der Waals surface area contributed by atoms with Crippen molar-refractivity contribution in [2.45, 2.75) is 44.8 Å². The van der Waals surface area contributed by atoms with Gasteiger partial charge in [0.25, 0.3) is 0 Å². The minimum Gasteiger partial charge on any atom is -0.496 e. The van der Waals surface area contributed by atoms with Crippen LogP contribution in [-0.4, -0.2) is 22.7 Å². The van der Waals surface area contributed by atoms with Gasteiger partial charge in [0, 0.05) is 31.0 Å². The van der Waals surface area contributed by atoms with E-state index in [-0.39, 0.29) is 0 Å². The van der Waals surface area contributed by atoms with Crippen molar-refractivity contribution in [3.63, 3.8) is 0 Å². The molecule has 0 radical (unpaired) electrons. The van der Waals surface area contributed by atoms with E-state index in [1.165, 1.54) is 30.4 Å². The van der Waals surface area contributed by atoms with Crippen molar-refractivity contribution < 1.29 is 4.74 Å². The lowest BCUT2D eigenvalue weighted by Gasteiger charge is -2.22. The fraction of sp³-hybridized carbons (Fsp3) is 0.471. The number of nitrogens with one attached hydrogen (secondary N) is 1. The molecule has 4 nitrogen and oxygen atoms in total. The number of nitrogens with zero attached hydrogens (tertiary/aromatic N) is 2. The number of aromatic nitrogens is 2.